The Labute approximate surface area is 114 Å². The summed E-state index contributed by atoms with van der Waals surface area (Å²) < 4.78 is 3.56. The Morgan fingerprint density at radius 3 is 2.95 bits per heavy atom. The Morgan fingerprint density at radius 2 is 2.16 bits per heavy atom. The van der Waals surface area contributed by atoms with E-state index in [1.165, 1.54) is 12.8 Å². The lowest BCUT2D eigenvalue weighted by Crippen LogP contribution is -2.03. The maximum absolute atomic E-state index is 6.10. The molecule has 0 unspecified atom stereocenters. The van der Waals surface area contributed by atoms with E-state index in [1.54, 1.807) is 10.9 Å². The SMILES string of the molecule is Cn1ncc2c(-n3nncc3C3CC3)cc(Cl)nc21. The molecule has 0 radical (unpaired) electrons. The van der Waals surface area contributed by atoms with Crippen molar-refractivity contribution in [3.63, 3.8) is 0 Å². The molecule has 0 atom stereocenters. The molecular formula is C12H11ClN6. The monoisotopic (exact) mass is 274 g/mol. The van der Waals surface area contributed by atoms with E-state index in [4.69, 9.17) is 11.6 Å². The van der Waals surface area contributed by atoms with Crippen molar-refractivity contribution < 1.29 is 0 Å². The van der Waals surface area contributed by atoms with Crippen LogP contribution < -0.4 is 0 Å². The Morgan fingerprint density at radius 1 is 1.32 bits per heavy atom. The molecular weight excluding hydrogens is 264 g/mol. The zero-order valence-electron chi connectivity index (χ0n) is 10.3. The third kappa shape index (κ3) is 1.63. The van der Waals surface area contributed by atoms with Crippen LogP contribution in [0.4, 0.5) is 0 Å². The average molecular weight is 275 g/mol. The summed E-state index contributed by atoms with van der Waals surface area (Å²) in [6.45, 7) is 0. The van der Waals surface area contributed by atoms with Gasteiger partial charge in [-0.25, -0.2) is 9.67 Å². The molecule has 1 aliphatic carbocycles. The second-order valence-electron chi connectivity index (χ2n) is 4.81. The third-order valence-electron chi connectivity index (χ3n) is 3.45. The summed E-state index contributed by atoms with van der Waals surface area (Å²) in [7, 11) is 1.85. The Kier molecular flexibility index (Phi) is 2.17. The first kappa shape index (κ1) is 10.9. The van der Waals surface area contributed by atoms with E-state index in [-0.39, 0.29) is 0 Å². The first-order chi connectivity index (χ1) is 9.24. The summed E-state index contributed by atoms with van der Waals surface area (Å²) in [5.41, 5.74) is 2.77. The average Bonchev–Trinajstić information content (AvgIpc) is 3.01. The Hall–Kier alpha value is -1.95. The molecule has 1 fully saturated rings. The van der Waals surface area contributed by atoms with Crippen molar-refractivity contribution in [2.24, 2.45) is 7.05 Å². The predicted octanol–water partition coefficient (Wildman–Crippen LogP) is 2.08. The molecule has 6 nitrogen and oxygen atoms in total. The molecule has 0 aliphatic heterocycles. The predicted molar refractivity (Wildman–Crippen MR) is 70.4 cm³/mol. The Balaban J connectivity index is 2.01. The summed E-state index contributed by atoms with van der Waals surface area (Å²) in [5.74, 6) is 0.564. The van der Waals surface area contributed by atoms with Gasteiger partial charge in [0, 0.05) is 19.0 Å². The van der Waals surface area contributed by atoms with E-state index in [9.17, 15) is 0 Å². The maximum Gasteiger partial charge on any atom is 0.161 e. The van der Waals surface area contributed by atoms with E-state index in [0.29, 0.717) is 11.1 Å². The van der Waals surface area contributed by atoms with Crippen molar-refractivity contribution in [1.82, 2.24) is 29.8 Å². The highest BCUT2D eigenvalue weighted by Crippen LogP contribution is 2.40. The molecule has 1 aliphatic rings. The van der Waals surface area contributed by atoms with Crippen LogP contribution in [-0.4, -0.2) is 29.8 Å². The molecule has 0 spiro atoms. The molecule has 3 aromatic rings. The number of hydrogen-bond donors (Lipinski definition) is 0. The number of hydrogen-bond acceptors (Lipinski definition) is 4. The standard InChI is InChI=1S/C12H11ClN6/c1-18-12-8(5-15-18)9(4-11(13)16-12)19-10(6-14-17-19)7-2-3-7/h4-7H,2-3H2,1H3. The summed E-state index contributed by atoms with van der Waals surface area (Å²) >= 11 is 6.10. The van der Waals surface area contributed by atoms with Gasteiger partial charge in [-0.15, -0.1) is 5.10 Å². The highest BCUT2D eigenvalue weighted by Gasteiger charge is 2.28. The second-order valence-corrected chi connectivity index (χ2v) is 5.20. The number of pyridine rings is 1. The first-order valence-corrected chi connectivity index (χ1v) is 6.51. The first-order valence-electron chi connectivity index (χ1n) is 6.13. The molecule has 0 aromatic carbocycles. The Bertz CT molecular complexity index is 770. The van der Waals surface area contributed by atoms with Crippen LogP contribution in [0.3, 0.4) is 0 Å². The van der Waals surface area contributed by atoms with Gasteiger partial charge in [0.1, 0.15) is 5.15 Å². The summed E-state index contributed by atoms with van der Waals surface area (Å²) in [6.07, 6.45) is 6.01. The smallest absolute Gasteiger partial charge is 0.161 e. The van der Waals surface area contributed by atoms with E-state index in [1.807, 2.05) is 24.0 Å². The van der Waals surface area contributed by atoms with Crippen LogP contribution in [0.2, 0.25) is 5.15 Å². The van der Waals surface area contributed by atoms with Gasteiger partial charge in [0.25, 0.3) is 0 Å². The lowest BCUT2D eigenvalue weighted by atomic mass is 10.2. The minimum atomic E-state index is 0.434. The van der Waals surface area contributed by atoms with Gasteiger partial charge in [-0.2, -0.15) is 5.10 Å². The second kappa shape index (κ2) is 3.77. The van der Waals surface area contributed by atoms with Gasteiger partial charge in [-0.05, 0) is 12.8 Å². The van der Waals surface area contributed by atoms with E-state index in [0.717, 1.165) is 22.4 Å². The van der Waals surface area contributed by atoms with Gasteiger partial charge >= 0.3 is 0 Å². The summed E-state index contributed by atoms with van der Waals surface area (Å²) in [4.78, 5) is 4.30. The molecule has 96 valence electrons. The molecule has 0 amide bonds. The van der Waals surface area contributed by atoms with Crippen molar-refractivity contribution in [1.29, 1.82) is 0 Å². The lowest BCUT2D eigenvalue weighted by Gasteiger charge is -2.07. The quantitative estimate of drug-likeness (QED) is 0.671. The number of rotatable bonds is 2. The topological polar surface area (TPSA) is 61.4 Å². The van der Waals surface area contributed by atoms with Crippen LogP contribution in [0.25, 0.3) is 16.7 Å². The van der Waals surface area contributed by atoms with Crippen LogP contribution in [-0.2, 0) is 7.05 Å². The summed E-state index contributed by atoms with van der Waals surface area (Å²) in [5, 5.41) is 13.8. The number of nitrogens with zero attached hydrogens (tertiary/aromatic N) is 6. The van der Waals surface area contributed by atoms with Crippen molar-refractivity contribution in [2.75, 3.05) is 0 Å². The maximum atomic E-state index is 6.10. The minimum Gasteiger partial charge on any atom is -0.250 e. The van der Waals surface area contributed by atoms with Crippen molar-refractivity contribution >= 4 is 22.6 Å². The van der Waals surface area contributed by atoms with Gasteiger partial charge in [-0.1, -0.05) is 16.8 Å². The van der Waals surface area contributed by atoms with E-state index in [2.05, 4.69) is 20.4 Å². The van der Waals surface area contributed by atoms with Gasteiger partial charge in [0.05, 0.1) is 29.2 Å². The molecule has 1 saturated carbocycles. The number of fused-ring (bicyclic) bond motifs is 1. The number of aryl methyl sites for hydroxylation is 1. The van der Waals surface area contributed by atoms with Gasteiger partial charge in [-0.3, -0.25) is 4.68 Å². The van der Waals surface area contributed by atoms with E-state index >= 15 is 0 Å². The van der Waals surface area contributed by atoms with Crippen molar-refractivity contribution in [3.05, 3.63) is 29.3 Å². The van der Waals surface area contributed by atoms with Crippen LogP contribution >= 0.6 is 11.6 Å². The molecule has 0 saturated heterocycles. The van der Waals surface area contributed by atoms with Crippen LogP contribution in [0.5, 0.6) is 0 Å². The van der Waals surface area contributed by atoms with Gasteiger partial charge in [0.15, 0.2) is 5.65 Å². The molecule has 7 heteroatoms. The molecule has 0 N–H and O–H groups in total. The van der Waals surface area contributed by atoms with Crippen LogP contribution in [0.1, 0.15) is 24.5 Å². The molecule has 3 aromatic heterocycles. The van der Waals surface area contributed by atoms with Crippen molar-refractivity contribution in [3.8, 4) is 5.69 Å². The zero-order valence-corrected chi connectivity index (χ0v) is 11.0. The fourth-order valence-corrected chi connectivity index (χ4v) is 2.51. The fourth-order valence-electron chi connectivity index (χ4n) is 2.33. The highest BCUT2D eigenvalue weighted by molar-refractivity contribution is 6.30. The molecule has 4 rings (SSSR count). The highest BCUT2D eigenvalue weighted by atomic mass is 35.5. The molecule has 0 bridgehead atoms. The third-order valence-corrected chi connectivity index (χ3v) is 3.65. The molecule has 19 heavy (non-hydrogen) atoms. The fraction of sp³-hybridized carbons (Fsp3) is 0.333. The van der Waals surface area contributed by atoms with Crippen LogP contribution in [0.15, 0.2) is 18.5 Å². The number of aromatic nitrogens is 6. The largest absolute Gasteiger partial charge is 0.250 e. The zero-order chi connectivity index (χ0) is 13.0. The van der Waals surface area contributed by atoms with Crippen molar-refractivity contribution in [2.45, 2.75) is 18.8 Å². The molecule has 3 heterocycles. The van der Waals surface area contributed by atoms with Crippen LogP contribution in [0, 0.1) is 0 Å². The number of halogens is 1. The van der Waals surface area contributed by atoms with E-state index < -0.39 is 0 Å². The minimum absolute atomic E-state index is 0.434. The normalized spacial score (nSPS) is 15.3. The summed E-state index contributed by atoms with van der Waals surface area (Å²) in [6, 6.07) is 1.81. The van der Waals surface area contributed by atoms with Gasteiger partial charge < -0.3 is 0 Å². The van der Waals surface area contributed by atoms with Gasteiger partial charge in [0.2, 0.25) is 0 Å². The lowest BCUT2D eigenvalue weighted by molar-refractivity contribution is 0.766.